The van der Waals surface area contributed by atoms with Gasteiger partial charge in [-0.15, -0.1) is 0 Å². The molecule has 0 saturated carbocycles. The first kappa shape index (κ1) is 17.7. The lowest BCUT2D eigenvalue weighted by molar-refractivity contribution is -0.119. The second-order valence-corrected chi connectivity index (χ2v) is 5.69. The van der Waals surface area contributed by atoms with Crippen LogP contribution in [0.15, 0.2) is 24.3 Å². The van der Waals surface area contributed by atoms with Crippen molar-refractivity contribution in [3.63, 3.8) is 0 Å². The minimum absolute atomic E-state index is 0.159. The number of amides is 1. The first-order valence-electron chi connectivity index (χ1n) is 8.06. The maximum atomic E-state index is 12.3. The van der Waals surface area contributed by atoms with E-state index >= 15 is 0 Å². The SMILES string of the molecule is COCCCOc1cccc(NC(=O)C(N)C2CCOCC2)c1. The molecular formula is C17H26N2O4. The van der Waals surface area contributed by atoms with Gasteiger partial charge in [0.25, 0.3) is 0 Å². The number of hydrogen-bond donors (Lipinski definition) is 2. The Kier molecular flexibility index (Phi) is 7.32. The molecule has 1 aromatic rings. The Balaban J connectivity index is 1.84. The largest absolute Gasteiger partial charge is 0.493 e. The molecule has 1 heterocycles. The fraction of sp³-hybridized carbons (Fsp3) is 0.588. The number of nitrogens with one attached hydrogen (secondary N) is 1. The summed E-state index contributed by atoms with van der Waals surface area (Å²) in [6.45, 7) is 2.59. The molecule has 1 unspecified atom stereocenters. The molecule has 1 fully saturated rings. The van der Waals surface area contributed by atoms with Crippen molar-refractivity contribution in [1.82, 2.24) is 0 Å². The Bertz CT molecular complexity index is 489. The molecule has 6 nitrogen and oxygen atoms in total. The first-order valence-corrected chi connectivity index (χ1v) is 8.06. The zero-order valence-corrected chi connectivity index (χ0v) is 13.6. The van der Waals surface area contributed by atoms with E-state index in [1.807, 2.05) is 18.2 Å². The second-order valence-electron chi connectivity index (χ2n) is 5.69. The van der Waals surface area contributed by atoms with Gasteiger partial charge in [-0.1, -0.05) is 6.07 Å². The molecule has 2 rings (SSSR count). The second kappa shape index (κ2) is 9.50. The molecule has 1 atom stereocenters. The first-order chi connectivity index (χ1) is 11.2. The maximum absolute atomic E-state index is 12.3. The van der Waals surface area contributed by atoms with Crippen LogP contribution in [0, 0.1) is 5.92 Å². The van der Waals surface area contributed by atoms with Gasteiger partial charge in [0, 0.05) is 45.1 Å². The monoisotopic (exact) mass is 322 g/mol. The zero-order chi connectivity index (χ0) is 16.5. The summed E-state index contributed by atoms with van der Waals surface area (Å²) >= 11 is 0. The Morgan fingerprint density at radius 3 is 2.91 bits per heavy atom. The molecule has 1 saturated heterocycles. The van der Waals surface area contributed by atoms with Crippen LogP contribution in [0.3, 0.4) is 0 Å². The van der Waals surface area contributed by atoms with Crippen LogP contribution in [-0.4, -0.2) is 45.5 Å². The van der Waals surface area contributed by atoms with E-state index in [2.05, 4.69) is 5.32 Å². The molecule has 3 N–H and O–H groups in total. The van der Waals surface area contributed by atoms with Crippen molar-refractivity contribution >= 4 is 11.6 Å². The van der Waals surface area contributed by atoms with Crippen LogP contribution in [0.4, 0.5) is 5.69 Å². The van der Waals surface area contributed by atoms with Crippen LogP contribution < -0.4 is 15.8 Å². The van der Waals surface area contributed by atoms with E-state index in [1.165, 1.54) is 0 Å². The molecule has 0 radical (unpaired) electrons. The number of carbonyl (C=O) groups is 1. The quantitative estimate of drug-likeness (QED) is 0.713. The van der Waals surface area contributed by atoms with Crippen LogP contribution in [0.25, 0.3) is 0 Å². The molecule has 6 heteroatoms. The zero-order valence-electron chi connectivity index (χ0n) is 13.6. The molecule has 0 bridgehead atoms. The smallest absolute Gasteiger partial charge is 0.241 e. The average Bonchev–Trinajstić information content (AvgIpc) is 2.59. The third-order valence-electron chi connectivity index (χ3n) is 3.94. The summed E-state index contributed by atoms with van der Waals surface area (Å²) in [5.74, 6) is 0.740. The Hall–Kier alpha value is -1.63. The maximum Gasteiger partial charge on any atom is 0.241 e. The molecule has 1 aromatic carbocycles. The average molecular weight is 322 g/mol. The van der Waals surface area contributed by atoms with Gasteiger partial charge in [0.05, 0.1) is 12.6 Å². The summed E-state index contributed by atoms with van der Waals surface area (Å²) < 4.78 is 15.9. The van der Waals surface area contributed by atoms with Crippen LogP contribution in [0.2, 0.25) is 0 Å². The lowest BCUT2D eigenvalue weighted by atomic mass is 9.92. The summed E-state index contributed by atoms with van der Waals surface area (Å²) in [6, 6.07) is 6.84. The van der Waals surface area contributed by atoms with Crippen LogP contribution in [0.1, 0.15) is 19.3 Å². The third kappa shape index (κ3) is 5.82. The number of methoxy groups -OCH3 is 1. The number of ether oxygens (including phenoxy) is 3. The number of carbonyl (C=O) groups excluding carboxylic acids is 1. The summed E-state index contributed by atoms with van der Waals surface area (Å²) in [4.78, 5) is 12.3. The number of benzene rings is 1. The van der Waals surface area contributed by atoms with Crippen LogP contribution in [0.5, 0.6) is 5.75 Å². The molecule has 23 heavy (non-hydrogen) atoms. The molecular weight excluding hydrogens is 296 g/mol. The van der Waals surface area contributed by atoms with E-state index in [0.717, 1.165) is 25.0 Å². The van der Waals surface area contributed by atoms with Gasteiger partial charge in [0.1, 0.15) is 5.75 Å². The highest BCUT2D eigenvalue weighted by Crippen LogP contribution is 2.21. The van der Waals surface area contributed by atoms with Crippen molar-refractivity contribution < 1.29 is 19.0 Å². The van der Waals surface area contributed by atoms with Crippen molar-refractivity contribution in [3.05, 3.63) is 24.3 Å². The van der Waals surface area contributed by atoms with E-state index in [4.69, 9.17) is 19.9 Å². The predicted octanol–water partition coefficient (Wildman–Crippen LogP) is 1.79. The lowest BCUT2D eigenvalue weighted by Gasteiger charge is -2.26. The van der Waals surface area contributed by atoms with Crippen molar-refractivity contribution in [2.24, 2.45) is 11.7 Å². The minimum atomic E-state index is -0.509. The van der Waals surface area contributed by atoms with E-state index in [0.29, 0.717) is 32.1 Å². The highest BCUT2D eigenvalue weighted by atomic mass is 16.5. The number of anilines is 1. The van der Waals surface area contributed by atoms with Crippen molar-refractivity contribution in [1.29, 1.82) is 0 Å². The molecule has 0 spiro atoms. The molecule has 0 aromatic heterocycles. The van der Waals surface area contributed by atoms with E-state index in [9.17, 15) is 4.79 Å². The van der Waals surface area contributed by atoms with Gasteiger partial charge < -0.3 is 25.3 Å². The van der Waals surface area contributed by atoms with Gasteiger partial charge in [0.2, 0.25) is 5.91 Å². The fourth-order valence-electron chi connectivity index (χ4n) is 2.57. The third-order valence-corrected chi connectivity index (χ3v) is 3.94. The molecule has 1 aliphatic rings. The fourth-order valence-corrected chi connectivity index (χ4v) is 2.57. The van der Waals surface area contributed by atoms with Gasteiger partial charge >= 0.3 is 0 Å². The van der Waals surface area contributed by atoms with E-state index < -0.39 is 6.04 Å². The Morgan fingerprint density at radius 1 is 1.39 bits per heavy atom. The van der Waals surface area contributed by atoms with Gasteiger partial charge in [-0.25, -0.2) is 0 Å². The van der Waals surface area contributed by atoms with Gasteiger partial charge in [-0.2, -0.15) is 0 Å². The minimum Gasteiger partial charge on any atom is -0.493 e. The Labute approximate surface area is 137 Å². The van der Waals surface area contributed by atoms with E-state index in [1.54, 1.807) is 13.2 Å². The lowest BCUT2D eigenvalue weighted by Crippen LogP contribution is -2.43. The molecule has 1 amide bonds. The number of rotatable bonds is 8. The highest BCUT2D eigenvalue weighted by Gasteiger charge is 2.26. The summed E-state index contributed by atoms with van der Waals surface area (Å²) in [5, 5.41) is 2.87. The van der Waals surface area contributed by atoms with Gasteiger partial charge in [-0.3, -0.25) is 4.79 Å². The molecule has 128 valence electrons. The molecule has 0 aliphatic carbocycles. The van der Waals surface area contributed by atoms with Crippen molar-refractivity contribution in [2.45, 2.75) is 25.3 Å². The summed E-state index contributed by atoms with van der Waals surface area (Å²) in [7, 11) is 1.66. The van der Waals surface area contributed by atoms with Crippen LogP contribution >= 0.6 is 0 Å². The van der Waals surface area contributed by atoms with Crippen molar-refractivity contribution in [3.8, 4) is 5.75 Å². The van der Waals surface area contributed by atoms with Crippen LogP contribution in [-0.2, 0) is 14.3 Å². The normalized spacial score (nSPS) is 16.8. The topological polar surface area (TPSA) is 82.8 Å². The highest BCUT2D eigenvalue weighted by molar-refractivity contribution is 5.95. The number of nitrogens with two attached hydrogens (primary N) is 1. The van der Waals surface area contributed by atoms with Gasteiger partial charge in [-0.05, 0) is 30.9 Å². The number of hydrogen-bond acceptors (Lipinski definition) is 5. The van der Waals surface area contributed by atoms with E-state index in [-0.39, 0.29) is 11.8 Å². The van der Waals surface area contributed by atoms with Gasteiger partial charge in [0.15, 0.2) is 0 Å². The Morgan fingerprint density at radius 2 is 2.17 bits per heavy atom. The predicted molar refractivity (Wildman–Crippen MR) is 88.6 cm³/mol. The summed E-state index contributed by atoms with van der Waals surface area (Å²) in [5.41, 5.74) is 6.77. The summed E-state index contributed by atoms with van der Waals surface area (Å²) in [6.07, 6.45) is 2.48. The standard InChI is InChI=1S/C17H26N2O4/c1-21-8-3-9-23-15-5-2-4-14(12-15)19-17(20)16(18)13-6-10-22-11-7-13/h2,4-5,12-13,16H,3,6-11,18H2,1H3,(H,19,20). The molecule has 1 aliphatic heterocycles. The van der Waals surface area contributed by atoms with Crippen molar-refractivity contribution in [2.75, 3.05) is 38.9 Å².